The number of hydrogen-bond acceptors (Lipinski definition) is 5. The van der Waals surface area contributed by atoms with Crippen LogP contribution in [0.1, 0.15) is 13.8 Å². The van der Waals surface area contributed by atoms with Gasteiger partial charge in [0.2, 0.25) is 5.91 Å². The Hall–Kier alpha value is -1.77. The zero-order valence-electron chi connectivity index (χ0n) is 10.8. The smallest absolute Gasteiger partial charge is 0.344 e. The number of aliphatic carboxylic acids is 1. The first-order chi connectivity index (χ1) is 8.99. The molecule has 0 fully saturated rings. The maximum atomic E-state index is 11.9. The molecule has 0 saturated carbocycles. The lowest BCUT2D eigenvalue weighted by Gasteiger charge is -2.18. The van der Waals surface area contributed by atoms with Gasteiger partial charge in [0.1, 0.15) is 6.54 Å². The van der Waals surface area contributed by atoms with Gasteiger partial charge in [-0.1, -0.05) is 11.8 Å². The van der Waals surface area contributed by atoms with Crippen LogP contribution in [0.3, 0.4) is 0 Å². The van der Waals surface area contributed by atoms with Gasteiger partial charge in [-0.3, -0.25) is 14.2 Å². The summed E-state index contributed by atoms with van der Waals surface area (Å²) in [6.45, 7) is 4.66. The lowest BCUT2D eigenvalue weighted by atomic mass is 10.4. The molecule has 8 nitrogen and oxygen atoms in total. The van der Waals surface area contributed by atoms with Gasteiger partial charge in [-0.15, -0.1) is 5.10 Å². The third-order valence-corrected chi connectivity index (χ3v) is 3.42. The van der Waals surface area contributed by atoms with Crippen LogP contribution in [0.5, 0.6) is 0 Å². The monoisotopic (exact) mass is 288 g/mol. The van der Waals surface area contributed by atoms with Crippen molar-refractivity contribution < 1.29 is 14.7 Å². The van der Waals surface area contributed by atoms with Gasteiger partial charge >= 0.3 is 11.7 Å². The lowest BCUT2D eigenvalue weighted by molar-refractivity contribution is -0.134. The van der Waals surface area contributed by atoms with Crippen molar-refractivity contribution in [1.29, 1.82) is 0 Å². The Balaban J connectivity index is 2.82. The number of carboxylic acids is 1. The molecule has 0 aliphatic carbocycles. The molecule has 1 aromatic rings. The Morgan fingerprint density at radius 2 is 2.05 bits per heavy atom. The summed E-state index contributed by atoms with van der Waals surface area (Å²) in [5.74, 6) is -1.43. The highest BCUT2D eigenvalue weighted by atomic mass is 32.2. The number of H-pyrrole nitrogens is 1. The van der Waals surface area contributed by atoms with Crippen LogP contribution in [-0.4, -0.2) is 55.5 Å². The van der Waals surface area contributed by atoms with Crippen molar-refractivity contribution in [2.45, 2.75) is 25.5 Å². The molecule has 0 bridgehead atoms. The summed E-state index contributed by atoms with van der Waals surface area (Å²) in [5.41, 5.74) is -0.520. The molecule has 1 rings (SSSR count). The largest absolute Gasteiger partial charge is 0.481 e. The zero-order valence-corrected chi connectivity index (χ0v) is 11.6. The van der Waals surface area contributed by atoms with E-state index in [2.05, 4.69) is 10.2 Å². The minimum Gasteiger partial charge on any atom is -0.481 e. The van der Waals surface area contributed by atoms with Crippen molar-refractivity contribution in [2.75, 3.05) is 18.8 Å². The predicted octanol–water partition coefficient (Wildman–Crippen LogP) is -0.383. The van der Waals surface area contributed by atoms with Gasteiger partial charge in [0, 0.05) is 13.1 Å². The Kier molecular flexibility index (Phi) is 5.61. The molecule has 106 valence electrons. The Morgan fingerprint density at radius 3 is 2.58 bits per heavy atom. The number of amides is 1. The van der Waals surface area contributed by atoms with Crippen molar-refractivity contribution in [1.82, 2.24) is 19.7 Å². The summed E-state index contributed by atoms with van der Waals surface area (Å²) in [6, 6.07) is 0. The summed E-state index contributed by atoms with van der Waals surface area (Å²) < 4.78 is 1.15. The maximum absolute atomic E-state index is 11.9. The molecule has 0 spiro atoms. The number of thioether (sulfide) groups is 1. The summed E-state index contributed by atoms with van der Waals surface area (Å²) in [5, 5.41) is 14.7. The summed E-state index contributed by atoms with van der Waals surface area (Å²) in [6.07, 6.45) is 0. The number of carbonyl (C=O) groups excluding carboxylic acids is 1. The molecule has 0 radical (unpaired) electrons. The van der Waals surface area contributed by atoms with Gasteiger partial charge in [-0.05, 0) is 13.8 Å². The van der Waals surface area contributed by atoms with Crippen LogP contribution in [0.4, 0.5) is 0 Å². The van der Waals surface area contributed by atoms with E-state index in [1.807, 2.05) is 13.8 Å². The van der Waals surface area contributed by atoms with Crippen molar-refractivity contribution in [3.8, 4) is 0 Å². The van der Waals surface area contributed by atoms with Crippen LogP contribution in [0, 0.1) is 0 Å². The maximum Gasteiger partial charge on any atom is 0.344 e. The van der Waals surface area contributed by atoms with Gasteiger partial charge in [0.05, 0.1) is 5.75 Å². The number of nitrogens with zero attached hydrogens (tertiary/aromatic N) is 3. The Bertz CT molecular complexity index is 506. The molecular weight excluding hydrogens is 272 g/mol. The Morgan fingerprint density at radius 1 is 1.42 bits per heavy atom. The number of carbonyl (C=O) groups is 2. The fraction of sp³-hybridized carbons (Fsp3) is 0.600. The second kappa shape index (κ2) is 6.98. The number of hydrogen-bond donors (Lipinski definition) is 2. The van der Waals surface area contributed by atoms with Crippen LogP contribution in [0.2, 0.25) is 0 Å². The SMILES string of the molecule is CCN(CC)C(=O)Cn1c(SCC(=O)O)n[nH]c1=O. The molecule has 2 N–H and O–H groups in total. The van der Waals surface area contributed by atoms with Crippen LogP contribution in [0.15, 0.2) is 9.95 Å². The fourth-order valence-electron chi connectivity index (χ4n) is 1.49. The third kappa shape index (κ3) is 4.12. The molecule has 0 aliphatic heterocycles. The highest BCUT2D eigenvalue weighted by Crippen LogP contribution is 2.12. The van der Waals surface area contributed by atoms with Crippen molar-refractivity contribution >= 4 is 23.6 Å². The van der Waals surface area contributed by atoms with Gasteiger partial charge in [-0.2, -0.15) is 0 Å². The number of likely N-dealkylation sites (N-methyl/N-ethyl adjacent to an activating group) is 1. The molecule has 19 heavy (non-hydrogen) atoms. The van der Waals surface area contributed by atoms with Crippen molar-refractivity contribution in [3.63, 3.8) is 0 Å². The first-order valence-corrected chi connectivity index (χ1v) is 6.75. The number of carboxylic acid groups (broad SMARTS) is 1. The van der Waals surface area contributed by atoms with Crippen molar-refractivity contribution in [3.05, 3.63) is 10.5 Å². The molecule has 0 atom stereocenters. The second-order valence-electron chi connectivity index (χ2n) is 3.65. The predicted molar refractivity (Wildman–Crippen MR) is 69.1 cm³/mol. The molecule has 0 aliphatic rings. The number of aromatic amines is 1. The van der Waals surface area contributed by atoms with Crippen LogP contribution >= 0.6 is 11.8 Å². The molecule has 0 saturated heterocycles. The van der Waals surface area contributed by atoms with E-state index in [4.69, 9.17) is 5.11 Å². The average Bonchev–Trinajstić information content (AvgIpc) is 2.70. The topological polar surface area (TPSA) is 108 Å². The van der Waals surface area contributed by atoms with E-state index in [1.54, 1.807) is 4.90 Å². The van der Waals surface area contributed by atoms with E-state index in [1.165, 1.54) is 0 Å². The van der Waals surface area contributed by atoms with Gasteiger partial charge < -0.3 is 10.0 Å². The van der Waals surface area contributed by atoms with Crippen LogP contribution < -0.4 is 5.69 Å². The average molecular weight is 288 g/mol. The van der Waals surface area contributed by atoms with Gasteiger partial charge in [0.15, 0.2) is 5.16 Å². The Labute approximate surface area is 113 Å². The fourth-order valence-corrected chi connectivity index (χ4v) is 2.16. The van der Waals surface area contributed by atoms with Gasteiger partial charge in [0.25, 0.3) is 0 Å². The van der Waals surface area contributed by atoms with E-state index in [0.29, 0.717) is 13.1 Å². The van der Waals surface area contributed by atoms with E-state index >= 15 is 0 Å². The number of aromatic nitrogens is 3. The molecule has 0 aromatic carbocycles. The highest BCUT2D eigenvalue weighted by Gasteiger charge is 2.16. The normalized spacial score (nSPS) is 10.4. The summed E-state index contributed by atoms with van der Waals surface area (Å²) in [4.78, 5) is 35.5. The van der Waals surface area contributed by atoms with E-state index in [9.17, 15) is 14.4 Å². The first-order valence-electron chi connectivity index (χ1n) is 5.77. The standard InChI is InChI=1S/C10H16N4O4S/c1-3-13(4-2)7(15)5-14-9(18)11-12-10(14)19-6-8(16)17/h3-6H2,1-2H3,(H,11,18)(H,16,17). The molecule has 1 amide bonds. The minimum atomic E-state index is -1.01. The highest BCUT2D eigenvalue weighted by molar-refractivity contribution is 7.99. The summed E-state index contributed by atoms with van der Waals surface area (Å²) >= 11 is 0.895. The first kappa shape index (κ1) is 15.3. The van der Waals surface area contributed by atoms with Crippen LogP contribution in [0.25, 0.3) is 0 Å². The van der Waals surface area contributed by atoms with Crippen molar-refractivity contribution in [2.24, 2.45) is 0 Å². The third-order valence-electron chi connectivity index (χ3n) is 2.46. The minimum absolute atomic E-state index is 0.140. The second-order valence-corrected chi connectivity index (χ2v) is 4.59. The zero-order chi connectivity index (χ0) is 14.4. The van der Waals surface area contributed by atoms with Gasteiger partial charge in [-0.25, -0.2) is 9.89 Å². The molecule has 1 aromatic heterocycles. The van der Waals surface area contributed by atoms with Crippen LogP contribution in [-0.2, 0) is 16.1 Å². The quantitative estimate of drug-likeness (QED) is 0.662. The molecule has 0 unspecified atom stereocenters. The lowest BCUT2D eigenvalue weighted by Crippen LogP contribution is -2.36. The molecule has 1 heterocycles. The van der Waals surface area contributed by atoms with E-state index in [0.717, 1.165) is 16.3 Å². The molecular formula is C10H16N4O4S. The molecule has 9 heteroatoms. The summed E-state index contributed by atoms with van der Waals surface area (Å²) in [7, 11) is 0. The number of rotatable bonds is 7. The number of nitrogens with one attached hydrogen (secondary N) is 1. The van der Waals surface area contributed by atoms with E-state index in [-0.39, 0.29) is 23.4 Å². The van der Waals surface area contributed by atoms with E-state index < -0.39 is 11.7 Å².